The lowest BCUT2D eigenvalue weighted by atomic mass is 10.1. The number of rotatable bonds is 7. The fraction of sp³-hybridized carbons (Fsp3) is 0.889. The van der Waals surface area contributed by atoms with Crippen molar-refractivity contribution in [2.75, 3.05) is 18.8 Å². The normalized spacial score (nSPS) is 13.5. The van der Waals surface area contributed by atoms with Crippen LogP contribution < -0.4 is 10.0 Å². The fourth-order valence-corrected chi connectivity index (χ4v) is 1.47. The van der Waals surface area contributed by atoms with Gasteiger partial charge in [-0.25, -0.2) is 13.1 Å². The third-order valence-corrected chi connectivity index (χ3v) is 3.59. The number of nitrogens with one attached hydrogen (secondary N) is 2. The molecule has 1 atom stereocenters. The van der Waals surface area contributed by atoms with Crippen LogP contribution in [-0.2, 0) is 14.8 Å². The van der Waals surface area contributed by atoms with E-state index < -0.39 is 10.0 Å². The number of sulfonamides is 1. The minimum atomic E-state index is -3.14. The van der Waals surface area contributed by atoms with Gasteiger partial charge in [-0.3, -0.25) is 4.79 Å². The highest BCUT2D eigenvalue weighted by Gasteiger charge is 2.10. The standard InChI is InChI=1S/C9H20N2O3S/c1-4-8(3)9(12)10-6-7-11-15(13,14)5-2/h8,11H,4-7H2,1-3H3,(H,10,12)/t8-/m0/s1. The second-order valence-electron chi connectivity index (χ2n) is 3.40. The highest BCUT2D eigenvalue weighted by molar-refractivity contribution is 7.89. The Morgan fingerprint density at radius 2 is 1.87 bits per heavy atom. The highest BCUT2D eigenvalue weighted by atomic mass is 32.2. The molecule has 0 saturated carbocycles. The van der Waals surface area contributed by atoms with Crippen LogP contribution in [0.25, 0.3) is 0 Å². The van der Waals surface area contributed by atoms with Gasteiger partial charge in [0.05, 0.1) is 5.75 Å². The lowest BCUT2D eigenvalue weighted by molar-refractivity contribution is -0.124. The Balaban J connectivity index is 3.68. The van der Waals surface area contributed by atoms with Crippen molar-refractivity contribution in [1.29, 1.82) is 0 Å². The van der Waals surface area contributed by atoms with Gasteiger partial charge in [0.1, 0.15) is 0 Å². The zero-order valence-electron chi connectivity index (χ0n) is 9.54. The van der Waals surface area contributed by atoms with Gasteiger partial charge >= 0.3 is 0 Å². The summed E-state index contributed by atoms with van der Waals surface area (Å²) in [5.74, 6) is 0.00717. The SMILES string of the molecule is CC[C@H](C)C(=O)NCCNS(=O)(=O)CC. The van der Waals surface area contributed by atoms with Crippen LogP contribution in [0.2, 0.25) is 0 Å². The second kappa shape index (κ2) is 6.79. The van der Waals surface area contributed by atoms with E-state index >= 15 is 0 Å². The van der Waals surface area contributed by atoms with E-state index in [0.29, 0.717) is 6.54 Å². The number of carbonyl (C=O) groups excluding carboxylic acids is 1. The minimum absolute atomic E-state index is 0.0206. The number of hydrogen-bond acceptors (Lipinski definition) is 3. The lowest BCUT2D eigenvalue weighted by Crippen LogP contribution is -2.37. The van der Waals surface area contributed by atoms with Crippen molar-refractivity contribution < 1.29 is 13.2 Å². The first kappa shape index (κ1) is 14.4. The number of amides is 1. The molecule has 0 aliphatic heterocycles. The van der Waals surface area contributed by atoms with Crippen molar-refractivity contribution in [3.8, 4) is 0 Å². The molecule has 0 radical (unpaired) electrons. The Morgan fingerprint density at radius 1 is 1.27 bits per heavy atom. The molecule has 5 nitrogen and oxygen atoms in total. The van der Waals surface area contributed by atoms with Gasteiger partial charge in [-0.2, -0.15) is 0 Å². The first-order chi connectivity index (χ1) is 6.93. The predicted molar refractivity (Wildman–Crippen MR) is 59.9 cm³/mol. The van der Waals surface area contributed by atoms with E-state index in [-0.39, 0.29) is 24.1 Å². The van der Waals surface area contributed by atoms with Gasteiger partial charge in [0.2, 0.25) is 15.9 Å². The van der Waals surface area contributed by atoms with Crippen LogP contribution in [0.1, 0.15) is 27.2 Å². The maximum absolute atomic E-state index is 11.3. The Labute approximate surface area is 91.7 Å². The molecule has 0 fully saturated rings. The second-order valence-corrected chi connectivity index (χ2v) is 5.49. The molecule has 0 aromatic rings. The van der Waals surface area contributed by atoms with Crippen LogP contribution in [-0.4, -0.2) is 33.2 Å². The van der Waals surface area contributed by atoms with Crippen LogP contribution in [0.5, 0.6) is 0 Å². The monoisotopic (exact) mass is 236 g/mol. The van der Waals surface area contributed by atoms with Gasteiger partial charge in [-0.1, -0.05) is 13.8 Å². The summed E-state index contributed by atoms with van der Waals surface area (Å²) in [4.78, 5) is 11.3. The van der Waals surface area contributed by atoms with E-state index in [2.05, 4.69) is 10.0 Å². The smallest absolute Gasteiger partial charge is 0.222 e. The van der Waals surface area contributed by atoms with Crippen molar-refractivity contribution >= 4 is 15.9 Å². The first-order valence-corrected chi connectivity index (χ1v) is 6.83. The lowest BCUT2D eigenvalue weighted by Gasteiger charge is -2.10. The fourth-order valence-electron chi connectivity index (χ4n) is 0.854. The molecule has 1 amide bonds. The van der Waals surface area contributed by atoms with Crippen LogP contribution in [0, 0.1) is 5.92 Å². The minimum Gasteiger partial charge on any atom is -0.355 e. The molecule has 0 aromatic carbocycles. The largest absolute Gasteiger partial charge is 0.355 e. The van der Waals surface area contributed by atoms with Crippen molar-refractivity contribution in [2.24, 2.45) is 5.92 Å². The molecule has 0 spiro atoms. The summed E-state index contributed by atoms with van der Waals surface area (Å²) in [6, 6.07) is 0. The summed E-state index contributed by atoms with van der Waals surface area (Å²) in [7, 11) is -3.14. The highest BCUT2D eigenvalue weighted by Crippen LogP contribution is 1.98. The quantitative estimate of drug-likeness (QED) is 0.615. The molecule has 90 valence electrons. The Morgan fingerprint density at radius 3 is 2.33 bits per heavy atom. The summed E-state index contributed by atoms with van der Waals surface area (Å²) in [6.45, 7) is 5.93. The van der Waals surface area contributed by atoms with Gasteiger partial charge in [0.25, 0.3) is 0 Å². The molecule has 0 rings (SSSR count). The van der Waals surface area contributed by atoms with Crippen LogP contribution in [0.3, 0.4) is 0 Å². The first-order valence-electron chi connectivity index (χ1n) is 5.18. The van der Waals surface area contributed by atoms with Crippen molar-refractivity contribution in [1.82, 2.24) is 10.0 Å². The predicted octanol–water partition coefficient (Wildman–Crippen LogP) is 0.0880. The third kappa shape index (κ3) is 6.46. The van der Waals surface area contributed by atoms with Gasteiger partial charge in [-0.15, -0.1) is 0 Å². The van der Waals surface area contributed by atoms with E-state index in [1.807, 2.05) is 13.8 Å². The molecule has 0 heterocycles. The third-order valence-electron chi connectivity index (χ3n) is 2.19. The maximum Gasteiger partial charge on any atom is 0.222 e. The van der Waals surface area contributed by atoms with Gasteiger partial charge in [0, 0.05) is 19.0 Å². The Bertz CT molecular complexity index is 288. The summed E-state index contributed by atoms with van der Waals surface area (Å²) >= 11 is 0. The summed E-state index contributed by atoms with van der Waals surface area (Å²) in [6.07, 6.45) is 0.784. The molecule has 0 aliphatic rings. The van der Waals surface area contributed by atoms with Gasteiger partial charge in [-0.05, 0) is 13.3 Å². The number of hydrogen-bond donors (Lipinski definition) is 2. The van der Waals surface area contributed by atoms with Crippen LogP contribution in [0.15, 0.2) is 0 Å². The summed E-state index contributed by atoms with van der Waals surface area (Å²) in [5.41, 5.74) is 0. The van der Waals surface area contributed by atoms with E-state index in [1.165, 1.54) is 0 Å². The molecule has 2 N–H and O–H groups in total. The molecule has 0 saturated heterocycles. The van der Waals surface area contributed by atoms with Gasteiger partial charge in [0.15, 0.2) is 0 Å². The average molecular weight is 236 g/mol. The Kier molecular flexibility index (Phi) is 6.51. The number of carbonyl (C=O) groups is 1. The summed E-state index contributed by atoms with van der Waals surface area (Å²) < 4.78 is 24.4. The molecule has 0 aromatic heterocycles. The molecular weight excluding hydrogens is 216 g/mol. The van der Waals surface area contributed by atoms with Crippen LogP contribution >= 0.6 is 0 Å². The van der Waals surface area contributed by atoms with E-state index in [4.69, 9.17) is 0 Å². The molecular formula is C9H20N2O3S. The van der Waals surface area contributed by atoms with Crippen molar-refractivity contribution in [2.45, 2.75) is 27.2 Å². The summed E-state index contributed by atoms with van der Waals surface area (Å²) in [5, 5.41) is 2.66. The molecule has 6 heteroatoms. The zero-order valence-corrected chi connectivity index (χ0v) is 10.4. The van der Waals surface area contributed by atoms with Crippen molar-refractivity contribution in [3.05, 3.63) is 0 Å². The molecule has 0 aliphatic carbocycles. The van der Waals surface area contributed by atoms with E-state index in [0.717, 1.165) is 6.42 Å². The Hall–Kier alpha value is -0.620. The van der Waals surface area contributed by atoms with E-state index in [1.54, 1.807) is 6.92 Å². The van der Waals surface area contributed by atoms with Crippen molar-refractivity contribution in [3.63, 3.8) is 0 Å². The molecule has 15 heavy (non-hydrogen) atoms. The maximum atomic E-state index is 11.3. The zero-order chi connectivity index (χ0) is 11.9. The van der Waals surface area contributed by atoms with Crippen LogP contribution in [0.4, 0.5) is 0 Å². The topological polar surface area (TPSA) is 75.3 Å². The van der Waals surface area contributed by atoms with Gasteiger partial charge < -0.3 is 5.32 Å². The van der Waals surface area contributed by atoms with E-state index in [9.17, 15) is 13.2 Å². The average Bonchev–Trinajstić information content (AvgIpc) is 2.22. The molecule has 0 bridgehead atoms. The molecule has 0 unspecified atom stereocenters.